The SMILES string of the molecule is CC[C@H](NC(=O)c1cc(C)ccc1Br)C(=O)O. The molecule has 0 radical (unpaired) electrons. The molecule has 0 aliphatic carbocycles. The van der Waals surface area contributed by atoms with Crippen molar-refractivity contribution in [3.63, 3.8) is 0 Å². The summed E-state index contributed by atoms with van der Waals surface area (Å²) in [6.07, 6.45) is 0.352. The maximum Gasteiger partial charge on any atom is 0.326 e. The first kappa shape index (κ1) is 13.7. The van der Waals surface area contributed by atoms with Gasteiger partial charge in [0.25, 0.3) is 5.91 Å². The van der Waals surface area contributed by atoms with E-state index in [0.29, 0.717) is 16.5 Å². The van der Waals surface area contributed by atoms with Gasteiger partial charge in [-0.3, -0.25) is 4.79 Å². The van der Waals surface area contributed by atoms with E-state index < -0.39 is 12.0 Å². The van der Waals surface area contributed by atoms with Gasteiger partial charge < -0.3 is 10.4 Å². The van der Waals surface area contributed by atoms with E-state index in [1.54, 1.807) is 19.1 Å². The molecule has 1 aromatic rings. The van der Waals surface area contributed by atoms with Gasteiger partial charge >= 0.3 is 5.97 Å². The molecule has 0 aliphatic rings. The van der Waals surface area contributed by atoms with Gasteiger partial charge in [-0.15, -0.1) is 0 Å². The van der Waals surface area contributed by atoms with Crippen molar-refractivity contribution >= 4 is 27.8 Å². The van der Waals surface area contributed by atoms with E-state index in [1.807, 2.05) is 13.0 Å². The molecule has 92 valence electrons. The molecule has 1 atom stereocenters. The van der Waals surface area contributed by atoms with Gasteiger partial charge in [0.15, 0.2) is 0 Å². The lowest BCUT2D eigenvalue weighted by Crippen LogP contribution is -2.40. The van der Waals surface area contributed by atoms with Crippen LogP contribution in [0.2, 0.25) is 0 Å². The number of rotatable bonds is 4. The van der Waals surface area contributed by atoms with Crippen LogP contribution >= 0.6 is 15.9 Å². The molecule has 2 N–H and O–H groups in total. The molecule has 5 heteroatoms. The number of aliphatic carboxylic acids is 1. The van der Waals surface area contributed by atoms with Crippen LogP contribution in [0.4, 0.5) is 0 Å². The van der Waals surface area contributed by atoms with Crippen LogP contribution in [-0.4, -0.2) is 23.0 Å². The fourth-order valence-corrected chi connectivity index (χ4v) is 1.81. The van der Waals surface area contributed by atoms with E-state index in [1.165, 1.54) is 0 Å². The Morgan fingerprint density at radius 3 is 2.65 bits per heavy atom. The highest BCUT2D eigenvalue weighted by atomic mass is 79.9. The first-order chi connectivity index (χ1) is 7.95. The van der Waals surface area contributed by atoms with Crippen molar-refractivity contribution in [3.8, 4) is 0 Å². The number of carboxylic acid groups (broad SMARTS) is 1. The number of hydrogen-bond donors (Lipinski definition) is 2. The summed E-state index contributed by atoms with van der Waals surface area (Å²) in [5, 5.41) is 11.3. The number of carbonyl (C=O) groups excluding carboxylic acids is 1. The molecule has 4 nitrogen and oxygen atoms in total. The van der Waals surface area contributed by atoms with Gasteiger partial charge in [-0.25, -0.2) is 4.79 Å². The van der Waals surface area contributed by atoms with E-state index in [0.717, 1.165) is 5.56 Å². The maximum atomic E-state index is 11.9. The lowest BCUT2D eigenvalue weighted by molar-refractivity contribution is -0.139. The zero-order valence-corrected chi connectivity index (χ0v) is 11.2. The number of nitrogens with one attached hydrogen (secondary N) is 1. The molecule has 1 rings (SSSR count). The third-order valence-electron chi connectivity index (χ3n) is 2.38. The monoisotopic (exact) mass is 299 g/mol. The summed E-state index contributed by atoms with van der Waals surface area (Å²) in [6.45, 7) is 3.59. The fourth-order valence-electron chi connectivity index (χ4n) is 1.39. The van der Waals surface area contributed by atoms with Gasteiger partial charge in [-0.1, -0.05) is 18.6 Å². The second-order valence-electron chi connectivity index (χ2n) is 3.76. The molecule has 0 bridgehead atoms. The molecule has 17 heavy (non-hydrogen) atoms. The van der Waals surface area contributed by atoms with Crippen molar-refractivity contribution in [2.75, 3.05) is 0 Å². The second kappa shape index (κ2) is 5.82. The average molecular weight is 300 g/mol. The van der Waals surface area contributed by atoms with Gasteiger partial charge in [0.1, 0.15) is 6.04 Å². The molecule has 1 amide bonds. The van der Waals surface area contributed by atoms with E-state index in [2.05, 4.69) is 21.2 Å². The number of halogens is 1. The van der Waals surface area contributed by atoms with Crippen LogP contribution in [0.25, 0.3) is 0 Å². The number of hydrogen-bond acceptors (Lipinski definition) is 2. The fraction of sp³-hybridized carbons (Fsp3) is 0.333. The van der Waals surface area contributed by atoms with Gasteiger partial charge in [-0.2, -0.15) is 0 Å². The van der Waals surface area contributed by atoms with Gasteiger partial charge in [-0.05, 0) is 41.4 Å². The topological polar surface area (TPSA) is 66.4 Å². The zero-order chi connectivity index (χ0) is 13.0. The maximum absolute atomic E-state index is 11.9. The van der Waals surface area contributed by atoms with Crippen LogP contribution in [-0.2, 0) is 4.79 Å². The largest absolute Gasteiger partial charge is 0.480 e. The summed E-state index contributed by atoms with van der Waals surface area (Å²) in [6, 6.07) is 4.50. The van der Waals surface area contributed by atoms with Gasteiger partial charge in [0.2, 0.25) is 0 Å². The van der Waals surface area contributed by atoms with E-state index in [9.17, 15) is 9.59 Å². The quantitative estimate of drug-likeness (QED) is 0.897. The normalized spacial score (nSPS) is 11.9. The number of carboxylic acids is 1. The van der Waals surface area contributed by atoms with Crippen LogP contribution in [0.1, 0.15) is 29.3 Å². The summed E-state index contributed by atoms with van der Waals surface area (Å²) in [4.78, 5) is 22.7. The number of aryl methyl sites for hydroxylation is 1. The highest BCUT2D eigenvalue weighted by molar-refractivity contribution is 9.10. The van der Waals surface area contributed by atoms with Crippen molar-refractivity contribution in [2.24, 2.45) is 0 Å². The summed E-state index contributed by atoms with van der Waals surface area (Å²) in [7, 11) is 0. The Labute approximate surface area is 108 Å². The van der Waals surface area contributed by atoms with E-state index >= 15 is 0 Å². The lowest BCUT2D eigenvalue weighted by Gasteiger charge is -2.13. The molecule has 0 unspecified atom stereocenters. The smallest absolute Gasteiger partial charge is 0.326 e. The van der Waals surface area contributed by atoms with E-state index in [4.69, 9.17) is 5.11 Å². The minimum atomic E-state index is -1.02. The van der Waals surface area contributed by atoms with E-state index in [-0.39, 0.29) is 5.91 Å². The van der Waals surface area contributed by atoms with Crippen LogP contribution in [0.15, 0.2) is 22.7 Å². The molecule has 0 saturated heterocycles. The summed E-state index contributed by atoms with van der Waals surface area (Å²) >= 11 is 3.27. The third kappa shape index (κ3) is 3.56. The molecule has 0 heterocycles. The van der Waals surface area contributed by atoms with Crippen molar-refractivity contribution in [1.29, 1.82) is 0 Å². The van der Waals surface area contributed by atoms with Crippen LogP contribution in [0, 0.1) is 6.92 Å². The molecule has 1 aromatic carbocycles. The lowest BCUT2D eigenvalue weighted by atomic mass is 10.1. The Morgan fingerprint density at radius 1 is 1.47 bits per heavy atom. The molecule has 0 saturated carbocycles. The molecule has 0 aliphatic heterocycles. The Morgan fingerprint density at radius 2 is 2.12 bits per heavy atom. The van der Waals surface area contributed by atoms with Crippen molar-refractivity contribution in [3.05, 3.63) is 33.8 Å². The third-order valence-corrected chi connectivity index (χ3v) is 3.07. The minimum absolute atomic E-state index is 0.352. The minimum Gasteiger partial charge on any atom is -0.480 e. The Bertz CT molecular complexity index is 445. The standard InChI is InChI=1S/C12H14BrNO3/c1-3-10(12(16)17)14-11(15)8-6-7(2)4-5-9(8)13/h4-6,10H,3H2,1-2H3,(H,14,15)(H,16,17)/t10-/m0/s1. The Hall–Kier alpha value is -1.36. The molecular weight excluding hydrogens is 286 g/mol. The zero-order valence-electron chi connectivity index (χ0n) is 9.66. The van der Waals surface area contributed by atoms with Gasteiger partial charge in [0.05, 0.1) is 5.56 Å². The summed E-state index contributed by atoms with van der Waals surface area (Å²) < 4.78 is 0.654. The number of benzene rings is 1. The molecule has 0 aromatic heterocycles. The van der Waals surface area contributed by atoms with Crippen molar-refractivity contribution in [2.45, 2.75) is 26.3 Å². The Balaban J connectivity index is 2.89. The Kier molecular flexibility index (Phi) is 4.69. The second-order valence-corrected chi connectivity index (χ2v) is 4.61. The van der Waals surface area contributed by atoms with Crippen molar-refractivity contribution < 1.29 is 14.7 Å². The molecular formula is C12H14BrNO3. The molecule has 0 fully saturated rings. The van der Waals surface area contributed by atoms with Crippen LogP contribution in [0.3, 0.4) is 0 Å². The summed E-state index contributed by atoms with van der Waals surface area (Å²) in [5.74, 6) is -1.40. The van der Waals surface area contributed by atoms with Crippen molar-refractivity contribution in [1.82, 2.24) is 5.32 Å². The first-order valence-corrected chi connectivity index (χ1v) is 6.04. The summed E-state index contributed by atoms with van der Waals surface area (Å²) in [5.41, 5.74) is 1.39. The first-order valence-electron chi connectivity index (χ1n) is 5.25. The van der Waals surface area contributed by atoms with Crippen LogP contribution in [0.5, 0.6) is 0 Å². The van der Waals surface area contributed by atoms with Crippen LogP contribution < -0.4 is 5.32 Å². The average Bonchev–Trinajstić information content (AvgIpc) is 2.28. The highest BCUT2D eigenvalue weighted by Crippen LogP contribution is 2.18. The highest BCUT2D eigenvalue weighted by Gasteiger charge is 2.19. The number of amides is 1. The molecule has 0 spiro atoms. The number of carbonyl (C=O) groups is 2. The predicted octanol–water partition coefficient (Wildman–Crippen LogP) is 2.35. The predicted molar refractivity (Wildman–Crippen MR) is 68.1 cm³/mol. The van der Waals surface area contributed by atoms with Gasteiger partial charge in [0, 0.05) is 4.47 Å².